The lowest BCUT2D eigenvalue weighted by atomic mass is 9.91. The van der Waals surface area contributed by atoms with Gasteiger partial charge in [0.1, 0.15) is 11.6 Å². The highest BCUT2D eigenvalue weighted by Crippen LogP contribution is 2.29. The highest BCUT2D eigenvalue weighted by molar-refractivity contribution is 6.32. The average Bonchev–Trinajstić information content (AvgIpc) is 2.52. The summed E-state index contributed by atoms with van der Waals surface area (Å²) in [7, 11) is 0. The molecule has 0 aliphatic carbocycles. The Hall–Kier alpha value is -1.58. The predicted octanol–water partition coefficient (Wildman–Crippen LogP) is 4.55. The van der Waals surface area contributed by atoms with E-state index >= 15 is 0 Å². The van der Waals surface area contributed by atoms with Crippen LogP contribution in [0.2, 0.25) is 5.02 Å². The van der Waals surface area contributed by atoms with Gasteiger partial charge in [-0.05, 0) is 48.7 Å². The summed E-state index contributed by atoms with van der Waals surface area (Å²) in [6.07, 6.45) is 1.58. The van der Waals surface area contributed by atoms with Crippen LogP contribution in [0.5, 0.6) is 5.75 Å². The summed E-state index contributed by atoms with van der Waals surface area (Å²) in [5.41, 5.74) is 7.50. The number of benzene rings is 2. The first kappa shape index (κ1) is 16.8. The van der Waals surface area contributed by atoms with Crippen molar-refractivity contribution in [3.63, 3.8) is 0 Å². The Bertz CT molecular complexity index is 618. The number of nitrogens with two attached hydrogens (primary N) is 1. The topological polar surface area (TPSA) is 35.2 Å². The van der Waals surface area contributed by atoms with Gasteiger partial charge in [0.05, 0.1) is 11.6 Å². The molecular formula is C18H21ClFNO. The van der Waals surface area contributed by atoms with E-state index in [-0.39, 0.29) is 11.7 Å². The van der Waals surface area contributed by atoms with Crippen molar-refractivity contribution in [2.24, 2.45) is 5.73 Å². The summed E-state index contributed by atoms with van der Waals surface area (Å²) >= 11 is 6.24. The minimum atomic E-state index is -0.216. The van der Waals surface area contributed by atoms with Crippen molar-refractivity contribution in [2.45, 2.75) is 25.7 Å². The Labute approximate surface area is 136 Å². The van der Waals surface area contributed by atoms with Gasteiger partial charge in [0.25, 0.3) is 0 Å². The van der Waals surface area contributed by atoms with Gasteiger partial charge in [-0.15, -0.1) is 0 Å². The van der Waals surface area contributed by atoms with Gasteiger partial charge < -0.3 is 10.5 Å². The van der Waals surface area contributed by atoms with E-state index in [1.165, 1.54) is 6.07 Å². The van der Waals surface area contributed by atoms with Gasteiger partial charge in [-0.3, -0.25) is 0 Å². The second-order valence-electron chi connectivity index (χ2n) is 5.27. The zero-order valence-corrected chi connectivity index (χ0v) is 13.4. The van der Waals surface area contributed by atoms with Gasteiger partial charge in [0, 0.05) is 5.92 Å². The van der Waals surface area contributed by atoms with Crippen LogP contribution >= 0.6 is 11.6 Å². The van der Waals surface area contributed by atoms with E-state index in [9.17, 15) is 4.39 Å². The molecule has 0 bridgehead atoms. The fourth-order valence-electron chi connectivity index (χ4n) is 2.41. The molecule has 0 saturated heterocycles. The Balaban J connectivity index is 2.15. The van der Waals surface area contributed by atoms with Crippen LogP contribution in [0.15, 0.2) is 42.5 Å². The van der Waals surface area contributed by atoms with Crippen LogP contribution in [-0.2, 0) is 6.42 Å². The number of hydrogen-bond donors (Lipinski definition) is 1. The normalized spacial score (nSPS) is 12.2. The standard InChI is InChI=1S/C18H21ClFNO/c1-2-9-22-18-8-7-13(11-16(18)19)10-14(12-21)15-5-3-4-6-17(15)20/h3-8,11,14H,2,9-10,12,21H2,1H3. The maximum absolute atomic E-state index is 13.9. The van der Waals surface area contributed by atoms with E-state index in [1.807, 2.05) is 31.2 Å². The zero-order valence-electron chi connectivity index (χ0n) is 12.7. The van der Waals surface area contributed by atoms with Crippen molar-refractivity contribution in [3.8, 4) is 5.75 Å². The largest absolute Gasteiger partial charge is 0.492 e. The Kier molecular flexibility index (Phi) is 6.22. The number of halogens is 2. The Morgan fingerprint density at radius 3 is 2.64 bits per heavy atom. The van der Waals surface area contributed by atoms with Crippen molar-refractivity contribution in [1.29, 1.82) is 0 Å². The first-order valence-corrected chi connectivity index (χ1v) is 7.89. The highest BCUT2D eigenvalue weighted by Gasteiger charge is 2.15. The number of ether oxygens (including phenoxy) is 1. The molecule has 0 radical (unpaired) electrons. The number of rotatable bonds is 7. The summed E-state index contributed by atoms with van der Waals surface area (Å²) in [4.78, 5) is 0. The third-order valence-corrected chi connectivity index (χ3v) is 3.87. The monoisotopic (exact) mass is 321 g/mol. The third kappa shape index (κ3) is 4.21. The fraction of sp³-hybridized carbons (Fsp3) is 0.333. The predicted molar refractivity (Wildman–Crippen MR) is 89.1 cm³/mol. The van der Waals surface area contributed by atoms with Crippen LogP contribution in [0.3, 0.4) is 0 Å². The van der Waals surface area contributed by atoms with Gasteiger partial charge in [0.2, 0.25) is 0 Å². The van der Waals surface area contributed by atoms with Crippen molar-refractivity contribution >= 4 is 11.6 Å². The van der Waals surface area contributed by atoms with E-state index < -0.39 is 0 Å². The van der Waals surface area contributed by atoms with E-state index in [1.54, 1.807) is 12.1 Å². The maximum Gasteiger partial charge on any atom is 0.137 e. The van der Waals surface area contributed by atoms with Gasteiger partial charge >= 0.3 is 0 Å². The SMILES string of the molecule is CCCOc1ccc(CC(CN)c2ccccc2F)cc1Cl. The molecular weight excluding hydrogens is 301 g/mol. The summed E-state index contributed by atoms with van der Waals surface area (Å²) in [6, 6.07) is 12.5. The van der Waals surface area contributed by atoms with Gasteiger partial charge in [-0.1, -0.05) is 42.8 Å². The lowest BCUT2D eigenvalue weighted by Crippen LogP contribution is -2.16. The molecule has 22 heavy (non-hydrogen) atoms. The molecule has 1 atom stereocenters. The van der Waals surface area contributed by atoms with E-state index in [4.69, 9.17) is 22.1 Å². The maximum atomic E-state index is 13.9. The molecule has 0 aliphatic heterocycles. The van der Waals surface area contributed by atoms with E-state index in [2.05, 4.69) is 0 Å². The lowest BCUT2D eigenvalue weighted by Gasteiger charge is -2.17. The average molecular weight is 322 g/mol. The van der Waals surface area contributed by atoms with Crippen LogP contribution in [0, 0.1) is 5.82 Å². The van der Waals surface area contributed by atoms with Crippen molar-refractivity contribution in [3.05, 3.63) is 64.4 Å². The molecule has 0 amide bonds. The molecule has 2 aromatic carbocycles. The molecule has 2 aromatic rings. The molecule has 0 saturated carbocycles. The molecule has 0 heterocycles. The molecule has 0 aliphatic rings. The second kappa shape index (κ2) is 8.16. The fourth-order valence-corrected chi connectivity index (χ4v) is 2.67. The quantitative estimate of drug-likeness (QED) is 0.811. The van der Waals surface area contributed by atoms with Crippen molar-refractivity contribution < 1.29 is 9.13 Å². The van der Waals surface area contributed by atoms with Crippen molar-refractivity contribution in [1.82, 2.24) is 0 Å². The van der Waals surface area contributed by atoms with Crippen LogP contribution in [-0.4, -0.2) is 13.2 Å². The van der Waals surface area contributed by atoms with Crippen molar-refractivity contribution in [2.75, 3.05) is 13.2 Å². The minimum Gasteiger partial charge on any atom is -0.492 e. The van der Waals surface area contributed by atoms with Crippen LogP contribution in [0.25, 0.3) is 0 Å². The molecule has 1 unspecified atom stereocenters. The van der Waals surface area contributed by atoms with Crippen LogP contribution in [0.1, 0.15) is 30.4 Å². The van der Waals surface area contributed by atoms with E-state index in [0.29, 0.717) is 35.9 Å². The van der Waals surface area contributed by atoms with Crippen LogP contribution < -0.4 is 10.5 Å². The second-order valence-corrected chi connectivity index (χ2v) is 5.68. The van der Waals surface area contributed by atoms with Gasteiger partial charge in [-0.2, -0.15) is 0 Å². The molecule has 2 nitrogen and oxygen atoms in total. The molecule has 0 spiro atoms. The van der Waals surface area contributed by atoms with Gasteiger partial charge in [-0.25, -0.2) is 4.39 Å². The Morgan fingerprint density at radius 2 is 2.00 bits per heavy atom. The molecule has 2 rings (SSSR count). The lowest BCUT2D eigenvalue weighted by molar-refractivity contribution is 0.317. The number of hydrogen-bond acceptors (Lipinski definition) is 2. The first-order valence-electron chi connectivity index (χ1n) is 7.51. The molecule has 0 fully saturated rings. The molecule has 4 heteroatoms. The zero-order chi connectivity index (χ0) is 15.9. The molecule has 118 valence electrons. The molecule has 0 aromatic heterocycles. The van der Waals surface area contributed by atoms with E-state index in [0.717, 1.165) is 12.0 Å². The summed E-state index contributed by atoms with van der Waals surface area (Å²) in [6.45, 7) is 3.06. The van der Waals surface area contributed by atoms with Gasteiger partial charge in [0.15, 0.2) is 0 Å². The van der Waals surface area contributed by atoms with Crippen LogP contribution in [0.4, 0.5) is 4.39 Å². The summed E-state index contributed by atoms with van der Waals surface area (Å²) < 4.78 is 19.5. The summed E-state index contributed by atoms with van der Waals surface area (Å²) in [5, 5.41) is 0.579. The third-order valence-electron chi connectivity index (χ3n) is 3.57. The summed E-state index contributed by atoms with van der Waals surface area (Å²) in [5.74, 6) is 0.397. The Morgan fingerprint density at radius 1 is 1.23 bits per heavy atom. The smallest absolute Gasteiger partial charge is 0.137 e. The minimum absolute atomic E-state index is 0.0697. The molecule has 2 N–H and O–H groups in total. The highest BCUT2D eigenvalue weighted by atomic mass is 35.5. The first-order chi connectivity index (χ1) is 10.7.